The zero-order valence-corrected chi connectivity index (χ0v) is 19.5. The molecule has 2 aromatic carbocycles. The number of thioether (sulfide) groups is 1. The van der Waals surface area contributed by atoms with Crippen LogP contribution < -0.4 is 10.2 Å². The molecule has 2 amide bonds. The third kappa shape index (κ3) is 3.51. The van der Waals surface area contributed by atoms with Crippen molar-refractivity contribution in [1.29, 1.82) is 0 Å². The van der Waals surface area contributed by atoms with Crippen LogP contribution in [0.4, 0.5) is 5.69 Å². The van der Waals surface area contributed by atoms with E-state index in [0.29, 0.717) is 12.2 Å². The zero-order chi connectivity index (χ0) is 22.3. The first-order chi connectivity index (χ1) is 15.5. The van der Waals surface area contributed by atoms with Crippen LogP contribution in [-0.4, -0.2) is 34.2 Å². The Hall–Kier alpha value is -2.73. The van der Waals surface area contributed by atoms with Crippen molar-refractivity contribution in [2.24, 2.45) is 0 Å². The molecule has 2 aliphatic rings. The Morgan fingerprint density at radius 3 is 2.62 bits per heavy atom. The van der Waals surface area contributed by atoms with Crippen molar-refractivity contribution in [3.8, 4) is 0 Å². The van der Waals surface area contributed by atoms with Gasteiger partial charge in [-0.3, -0.25) is 14.5 Å². The summed E-state index contributed by atoms with van der Waals surface area (Å²) in [6.07, 6.45) is 7.56. The van der Waals surface area contributed by atoms with E-state index in [1.807, 2.05) is 72.3 Å². The first-order valence-corrected chi connectivity index (χ1v) is 12.6. The molecule has 5 nitrogen and oxygen atoms in total. The van der Waals surface area contributed by atoms with E-state index in [4.69, 9.17) is 0 Å². The average molecular weight is 448 g/mol. The summed E-state index contributed by atoms with van der Waals surface area (Å²) in [5, 5.41) is 4.32. The number of rotatable bonds is 4. The standard InChI is InChI=1S/C26H29N3O2S/c1-26(25(31)27-19-10-4-3-5-11-19)17-28-22-14-7-6-9-18(22)15-23(28)24(30)29(26)20-12-8-13-21(16-20)32-2/h6-9,12-16,19H,3-5,10-11,17H2,1-2H3,(H,27,31)/t26-/m1/s1. The van der Waals surface area contributed by atoms with Crippen molar-refractivity contribution < 1.29 is 9.59 Å². The van der Waals surface area contributed by atoms with Gasteiger partial charge in [0.1, 0.15) is 11.2 Å². The van der Waals surface area contributed by atoms with E-state index in [-0.39, 0.29) is 17.9 Å². The molecule has 0 unspecified atom stereocenters. The number of anilines is 1. The lowest BCUT2D eigenvalue weighted by molar-refractivity contribution is -0.127. The summed E-state index contributed by atoms with van der Waals surface area (Å²) >= 11 is 1.63. The maximum absolute atomic E-state index is 13.9. The minimum atomic E-state index is -1.03. The van der Waals surface area contributed by atoms with Crippen molar-refractivity contribution in [2.75, 3.05) is 11.2 Å². The van der Waals surface area contributed by atoms with E-state index in [9.17, 15) is 9.59 Å². The Bertz CT molecular complexity index is 1180. The highest BCUT2D eigenvalue weighted by Gasteiger charge is 2.49. The number of benzene rings is 2. The van der Waals surface area contributed by atoms with Gasteiger partial charge in [0.2, 0.25) is 5.91 Å². The molecule has 1 fully saturated rings. The predicted molar refractivity (Wildman–Crippen MR) is 130 cm³/mol. The number of nitrogens with one attached hydrogen (secondary N) is 1. The summed E-state index contributed by atoms with van der Waals surface area (Å²) in [5.41, 5.74) is 1.36. The molecule has 1 aliphatic carbocycles. The largest absolute Gasteiger partial charge is 0.351 e. The van der Waals surface area contributed by atoms with Crippen LogP contribution in [0.5, 0.6) is 0 Å². The Morgan fingerprint density at radius 1 is 1.06 bits per heavy atom. The van der Waals surface area contributed by atoms with Crippen molar-refractivity contribution in [3.63, 3.8) is 0 Å². The van der Waals surface area contributed by atoms with Crippen molar-refractivity contribution in [3.05, 3.63) is 60.3 Å². The Balaban J connectivity index is 1.62. The molecule has 3 aromatic rings. The van der Waals surface area contributed by atoms with E-state index < -0.39 is 5.54 Å². The lowest BCUT2D eigenvalue weighted by atomic mass is 9.91. The van der Waals surface area contributed by atoms with Gasteiger partial charge in [0.25, 0.3) is 5.91 Å². The fourth-order valence-corrected chi connectivity index (χ4v) is 5.64. The molecule has 0 saturated heterocycles. The summed E-state index contributed by atoms with van der Waals surface area (Å²) in [7, 11) is 0. The third-order valence-electron chi connectivity index (χ3n) is 6.93. The van der Waals surface area contributed by atoms with E-state index in [1.54, 1.807) is 16.7 Å². The fourth-order valence-electron chi connectivity index (χ4n) is 5.19. The Labute approximate surface area is 193 Å². The number of hydrogen-bond donors (Lipinski definition) is 1. The smallest absolute Gasteiger partial charge is 0.275 e. The summed E-state index contributed by atoms with van der Waals surface area (Å²) in [6.45, 7) is 2.33. The summed E-state index contributed by atoms with van der Waals surface area (Å²) in [4.78, 5) is 30.5. The van der Waals surface area contributed by atoms with Crippen molar-refractivity contribution >= 4 is 40.2 Å². The van der Waals surface area contributed by atoms with E-state index >= 15 is 0 Å². The Morgan fingerprint density at radius 2 is 1.84 bits per heavy atom. The topological polar surface area (TPSA) is 54.3 Å². The molecule has 166 valence electrons. The molecular weight excluding hydrogens is 418 g/mol. The number of aromatic nitrogens is 1. The molecular formula is C26H29N3O2S. The summed E-state index contributed by atoms with van der Waals surface area (Å²) in [5.74, 6) is -0.206. The molecule has 1 atom stereocenters. The fraction of sp³-hybridized carbons (Fsp3) is 0.385. The molecule has 0 bridgehead atoms. The van der Waals surface area contributed by atoms with Gasteiger partial charge in [-0.15, -0.1) is 11.8 Å². The number of hydrogen-bond acceptors (Lipinski definition) is 3. The van der Waals surface area contributed by atoms with Gasteiger partial charge in [-0.25, -0.2) is 0 Å². The number of carbonyl (C=O) groups is 2. The van der Waals surface area contributed by atoms with E-state index in [1.165, 1.54) is 6.42 Å². The van der Waals surface area contributed by atoms with Crippen LogP contribution >= 0.6 is 11.8 Å². The first-order valence-electron chi connectivity index (χ1n) is 11.4. The van der Waals surface area contributed by atoms with Crippen molar-refractivity contribution in [1.82, 2.24) is 9.88 Å². The Kier molecular flexibility index (Phi) is 5.49. The first kappa shape index (κ1) is 21.1. The van der Waals surface area contributed by atoms with Crippen LogP contribution in [-0.2, 0) is 11.3 Å². The van der Waals surface area contributed by atoms with E-state index in [0.717, 1.165) is 47.2 Å². The average Bonchev–Trinajstić information content (AvgIpc) is 3.18. The molecule has 2 heterocycles. The van der Waals surface area contributed by atoms with Crippen LogP contribution in [0.1, 0.15) is 49.5 Å². The van der Waals surface area contributed by atoms with Crippen molar-refractivity contribution in [2.45, 2.75) is 62.0 Å². The summed E-state index contributed by atoms with van der Waals surface area (Å²) in [6, 6.07) is 18.1. The number of carbonyl (C=O) groups excluding carboxylic acids is 2. The van der Waals surface area contributed by atoms with Gasteiger partial charge in [0.15, 0.2) is 0 Å². The van der Waals surface area contributed by atoms with Gasteiger partial charge in [0, 0.05) is 27.5 Å². The lowest BCUT2D eigenvalue weighted by Gasteiger charge is -2.44. The number of nitrogens with zero attached hydrogens (tertiary/aromatic N) is 2. The number of fused-ring (bicyclic) bond motifs is 3. The third-order valence-corrected chi connectivity index (χ3v) is 7.66. The lowest BCUT2D eigenvalue weighted by Crippen LogP contribution is -2.65. The molecule has 1 aliphatic heterocycles. The second-order valence-corrected chi connectivity index (χ2v) is 9.98. The predicted octanol–water partition coefficient (Wildman–Crippen LogP) is 5.23. The molecule has 1 N–H and O–H groups in total. The molecule has 0 radical (unpaired) electrons. The van der Waals surface area contributed by atoms with Crippen LogP contribution in [0.25, 0.3) is 10.9 Å². The normalized spacial score (nSPS) is 21.6. The number of para-hydroxylation sites is 1. The van der Waals surface area contributed by atoms with Gasteiger partial charge in [0.05, 0.1) is 6.54 Å². The SMILES string of the molecule is CSc1cccc(N2C(=O)c3cc4ccccc4n3C[C@]2(C)C(=O)NC2CCCCC2)c1. The van der Waals surface area contributed by atoms with Gasteiger partial charge >= 0.3 is 0 Å². The minimum Gasteiger partial charge on any atom is -0.351 e. The van der Waals surface area contributed by atoms with Gasteiger partial charge in [-0.2, -0.15) is 0 Å². The maximum Gasteiger partial charge on any atom is 0.275 e. The molecule has 32 heavy (non-hydrogen) atoms. The second-order valence-electron chi connectivity index (χ2n) is 9.10. The molecule has 6 heteroatoms. The zero-order valence-electron chi connectivity index (χ0n) is 18.6. The molecule has 0 spiro atoms. The van der Waals surface area contributed by atoms with Crippen LogP contribution in [0.15, 0.2) is 59.5 Å². The quantitative estimate of drug-likeness (QED) is 0.557. The minimum absolute atomic E-state index is 0.0734. The van der Waals surface area contributed by atoms with E-state index in [2.05, 4.69) is 5.32 Å². The van der Waals surface area contributed by atoms with Crippen LogP contribution in [0.2, 0.25) is 0 Å². The highest BCUT2D eigenvalue weighted by molar-refractivity contribution is 7.98. The molecule has 1 saturated carbocycles. The maximum atomic E-state index is 13.9. The highest BCUT2D eigenvalue weighted by Crippen LogP contribution is 2.37. The highest BCUT2D eigenvalue weighted by atomic mass is 32.2. The summed E-state index contributed by atoms with van der Waals surface area (Å²) < 4.78 is 2.02. The van der Waals surface area contributed by atoms with Gasteiger partial charge in [-0.1, -0.05) is 43.5 Å². The van der Waals surface area contributed by atoms with Crippen LogP contribution in [0, 0.1) is 0 Å². The monoisotopic (exact) mass is 447 g/mol. The molecule has 1 aromatic heterocycles. The van der Waals surface area contributed by atoms with Gasteiger partial charge < -0.3 is 9.88 Å². The van der Waals surface area contributed by atoms with Crippen LogP contribution in [0.3, 0.4) is 0 Å². The second kappa shape index (κ2) is 8.32. The van der Waals surface area contributed by atoms with Gasteiger partial charge in [-0.05, 0) is 56.4 Å². The number of amides is 2. The molecule has 5 rings (SSSR count).